The van der Waals surface area contributed by atoms with Crippen molar-refractivity contribution in [1.29, 1.82) is 0 Å². The van der Waals surface area contributed by atoms with Crippen LogP contribution in [0.1, 0.15) is 57.2 Å². The normalized spacial score (nSPS) is 25.1. The van der Waals surface area contributed by atoms with Crippen LogP contribution in [0, 0.1) is 0 Å². The molecule has 3 aromatic heterocycles. The monoisotopic (exact) mass is 440 g/mol. The maximum Gasteiger partial charge on any atom is 0.241 e. The van der Waals surface area contributed by atoms with Crippen LogP contribution in [0.2, 0.25) is 0 Å². The lowest BCUT2D eigenvalue weighted by molar-refractivity contribution is -0.0286. The Hall–Kier alpha value is -2.49. The second-order valence-electron chi connectivity index (χ2n) is 9.53. The van der Waals surface area contributed by atoms with E-state index in [1.54, 1.807) is 7.11 Å². The van der Waals surface area contributed by atoms with Crippen LogP contribution in [-0.4, -0.2) is 68.1 Å². The number of rotatable bonds is 7. The summed E-state index contributed by atoms with van der Waals surface area (Å²) in [6, 6.07) is 2.64. The number of hydrogen-bond acceptors (Lipinski definition) is 7. The molecule has 0 spiro atoms. The zero-order valence-corrected chi connectivity index (χ0v) is 19.0. The second-order valence-corrected chi connectivity index (χ2v) is 9.53. The fourth-order valence-corrected chi connectivity index (χ4v) is 4.70. The van der Waals surface area contributed by atoms with Crippen molar-refractivity contribution >= 4 is 11.5 Å². The first-order chi connectivity index (χ1) is 15.4. The van der Waals surface area contributed by atoms with Crippen molar-refractivity contribution in [3.05, 3.63) is 30.4 Å². The van der Waals surface area contributed by atoms with Crippen molar-refractivity contribution in [1.82, 2.24) is 24.4 Å². The molecule has 1 aliphatic carbocycles. The predicted octanol–water partition coefficient (Wildman–Crippen LogP) is 3.02. The molecular formula is C23H32N6O3. The van der Waals surface area contributed by atoms with Gasteiger partial charge in [-0.2, -0.15) is 5.10 Å². The highest BCUT2D eigenvalue weighted by atomic mass is 16.5. The van der Waals surface area contributed by atoms with E-state index >= 15 is 0 Å². The van der Waals surface area contributed by atoms with Gasteiger partial charge < -0.3 is 19.9 Å². The van der Waals surface area contributed by atoms with Crippen LogP contribution < -0.4 is 5.32 Å². The SMILES string of the molecule is COC[C@H](C)Nc1ncc2c(-c3cnn(C4COC4)c3)cc(C3CCC(C)(O)CC3)n2n1. The summed E-state index contributed by atoms with van der Waals surface area (Å²) in [5, 5.41) is 23.2. The van der Waals surface area contributed by atoms with E-state index in [0.29, 0.717) is 37.7 Å². The molecule has 9 nitrogen and oxygen atoms in total. The van der Waals surface area contributed by atoms with Gasteiger partial charge in [-0.15, -0.1) is 5.10 Å². The van der Waals surface area contributed by atoms with Gasteiger partial charge in [0.05, 0.1) is 49.4 Å². The molecular weight excluding hydrogens is 408 g/mol. The molecule has 1 saturated carbocycles. The number of ether oxygens (including phenoxy) is 2. The largest absolute Gasteiger partial charge is 0.390 e. The van der Waals surface area contributed by atoms with Crippen molar-refractivity contribution in [2.75, 3.05) is 32.2 Å². The Bertz CT molecular complexity index is 1080. The average Bonchev–Trinajstić information content (AvgIpc) is 3.32. The molecule has 32 heavy (non-hydrogen) atoms. The van der Waals surface area contributed by atoms with Crippen LogP contribution in [0.3, 0.4) is 0 Å². The number of methoxy groups -OCH3 is 1. The third-order valence-electron chi connectivity index (χ3n) is 6.73. The molecule has 1 atom stereocenters. The highest BCUT2D eigenvalue weighted by Gasteiger charge is 2.32. The first kappa shape index (κ1) is 21.4. The Kier molecular flexibility index (Phi) is 5.65. The van der Waals surface area contributed by atoms with Crippen LogP contribution in [0.25, 0.3) is 16.6 Å². The smallest absolute Gasteiger partial charge is 0.241 e. The molecule has 0 unspecified atom stereocenters. The number of nitrogens with one attached hydrogen (secondary N) is 1. The van der Waals surface area contributed by atoms with E-state index in [-0.39, 0.29) is 6.04 Å². The minimum absolute atomic E-state index is 0.101. The summed E-state index contributed by atoms with van der Waals surface area (Å²) >= 11 is 0. The molecule has 1 aliphatic heterocycles. The average molecular weight is 441 g/mol. The van der Waals surface area contributed by atoms with Crippen LogP contribution in [-0.2, 0) is 9.47 Å². The van der Waals surface area contributed by atoms with Crippen molar-refractivity contribution < 1.29 is 14.6 Å². The second kappa shape index (κ2) is 8.46. The number of aliphatic hydroxyl groups is 1. The van der Waals surface area contributed by atoms with Crippen molar-refractivity contribution in [3.63, 3.8) is 0 Å². The van der Waals surface area contributed by atoms with E-state index in [0.717, 1.165) is 48.0 Å². The minimum atomic E-state index is -0.574. The lowest BCUT2D eigenvalue weighted by Gasteiger charge is -2.32. The van der Waals surface area contributed by atoms with Crippen molar-refractivity contribution in [3.8, 4) is 11.1 Å². The number of hydrogen-bond donors (Lipinski definition) is 2. The van der Waals surface area contributed by atoms with Crippen molar-refractivity contribution in [2.24, 2.45) is 0 Å². The summed E-state index contributed by atoms with van der Waals surface area (Å²) in [6.07, 6.45) is 9.34. The van der Waals surface area contributed by atoms with E-state index in [1.165, 1.54) is 0 Å². The molecule has 0 bridgehead atoms. The minimum Gasteiger partial charge on any atom is -0.390 e. The zero-order chi connectivity index (χ0) is 22.3. The molecule has 3 aromatic rings. The van der Waals surface area contributed by atoms with Crippen LogP contribution in [0.4, 0.5) is 5.95 Å². The van der Waals surface area contributed by atoms with E-state index in [9.17, 15) is 5.11 Å². The molecule has 0 radical (unpaired) electrons. The number of nitrogens with zero attached hydrogens (tertiary/aromatic N) is 5. The fourth-order valence-electron chi connectivity index (χ4n) is 4.70. The molecule has 9 heteroatoms. The molecule has 4 heterocycles. The number of aromatic nitrogens is 5. The Morgan fingerprint density at radius 1 is 1.31 bits per heavy atom. The lowest BCUT2D eigenvalue weighted by Crippen LogP contribution is -2.30. The predicted molar refractivity (Wildman–Crippen MR) is 121 cm³/mol. The van der Waals surface area contributed by atoms with E-state index in [2.05, 4.69) is 27.7 Å². The summed E-state index contributed by atoms with van der Waals surface area (Å²) in [5.74, 6) is 0.918. The Labute approximate surface area is 187 Å². The zero-order valence-electron chi connectivity index (χ0n) is 19.0. The summed E-state index contributed by atoms with van der Waals surface area (Å²) in [5.41, 5.74) is 3.69. The Balaban J connectivity index is 1.52. The van der Waals surface area contributed by atoms with E-state index < -0.39 is 5.60 Å². The van der Waals surface area contributed by atoms with Gasteiger partial charge in [-0.3, -0.25) is 4.68 Å². The van der Waals surface area contributed by atoms with Gasteiger partial charge in [0.2, 0.25) is 5.95 Å². The van der Waals surface area contributed by atoms with E-state index in [4.69, 9.17) is 14.6 Å². The van der Waals surface area contributed by atoms with Gasteiger partial charge in [0.15, 0.2) is 0 Å². The van der Waals surface area contributed by atoms with Gasteiger partial charge in [-0.1, -0.05) is 0 Å². The third-order valence-corrected chi connectivity index (χ3v) is 6.73. The molecule has 5 rings (SSSR count). The molecule has 2 N–H and O–H groups in total. The molecule has 0 aromatic carbocycles. The van der Waals surface area contributed by atoms with Gasteiger partial charge in [-0.25, -0.2) is 9.50 Å². The summed E-state index contributed by atoms with van der Waals surface area (Å²) in [4.78, 5) is 4.58. The highest BCUT2D eigenvalue weighted by Crippen LogP contribution is 2.40. The molecule has 2 aliphatic rings. The number of fused-ring (bicyclic) bond motifs is 1. The van der Waals surface area contributed by atoms with Crippen LogP contribution in [0.5, 0.6) is 0 Å². The molecule has 172 valence electrons. The quantitative estimate of drug-likeness (QED) is 0.583. The summed E-state index contributed by atoms with van der Waals surface area (Å²) in [7, 11) is 1.69. The lowest BCUT2D eigenvalue weighted by atomic mass is 9.78. The van der Waals surface area contributed by atoms with E-state index in [1.807, 2.05) is 35.4 Å². The standard InChI is InChI=1S/C23H32N6O3/c1-15(12-31-3)26-22-24-10-21-19(17-9-25-28(11-17)18-13-32-14-18)8-20(29(21)27-22)16-4-6-23(2,30)7-5-16/h8-11,15-16,18,30H,4-7,12-14H2,1-3H3,(H,26,27)/t15-,16?,23?/m0/s1. The fraction of sp³-hybridized carbons (Fsp3) is 0.609. The topological polar surface area (TPSA) is 98.7 Å². The third kappa shape index (κ3) is 4.12. The Morgan fingerprint density at radius 2 is 2.09 bits per heavy atom. The van der Waals surface area contributed by atoms with Crippen LogP contribution in [0.15, 0.2) is 24.7 Å². The first-order valence-corrected chi connectivity index (χ1v) is 11.4. The van der Waals surface area contributed by atoms with Gasteiger partial charge in [0, 0.05) is 42.1 Å². The summed E-state index contributed by atoms with van der Waals surface area (Å²) in [6.45, 7) is 5.98. The molecule has 1 saturated heterocycles. The van der Waals surface area contributed by atoms with Crippen LogP contribution >= 0.6 is 0 Å². The molecule has 0 amide bonds. The Morgan fingerprint density at radius 3 is 2.78 bits per heavy atom. The first-order valence-electron chi connectivity index (χ1n) is 11.4. The van der Waals surface area contributed by atoms with Gasteiger partial charge in [-0.05, 0) is 45.6 Å². The van der Waals surface area contributed by atoms with Gasteiger partial charge in [0.25, 0.3) is 0 Å². The summed E-state index contributed by atoms with van der Waals surface area (Å²) < 4.78 is 14.6. The number of anilines is 1. The van der Waals surface area contributed by atoms with Gasteiger partial charge >= 0.3 is 0 Å². The van der Waals surface area contributed by atoms with Crippen molar-refractivity contribution in [2.45, 2.75) is 63.1 Å². The van der Waals surface area contributed by atoms with Gasteiger partial charge in [0.1, 0.15) is 0 Å². The maximum absolute atomic E-state index is 10.4. The maximum atomic E-state index is 10.4. The molecule has 2 fully saturated rings. The highest BCUT2D eigenvalue weighted by molar-refractivity contribution is 5.81.